The number of ether oxygens (including phenoxy) is 2. The summed E-state index contributed by atoms with van der Waals surface area (Å²) in [5.41, 5.74) is 3.81. The number of hydrogen-bond donors (Lipinski definition) is 0. The molecule has 5 nitrogen and oxygen atoms in total. The van der Waals surface area contributed by atoms with Gasteiger partial charge >= 0.3 is 0 Å². The van der Waals surface area contributed by atoms with E-state index in [0.717, 1.165) is 29.0 Å². The summed E-state index contributed by atoms with van der Waals surface area (Å²) in [4.78, 5) is 11.6. The number of aryl methyl sites for hydroxylation is 1. The van der Waals surface area contributed by atoms with Crippen LogP contribution in [0.4, 0.5) is 0 Å². The average Bonchev–Trinajstić information content (AvgIpc) is 2.68. The normalized spacial score (nSPS) is 10.7. The van der Waals surface area contributed by atoms with Gasteiger partial charge in [0.1, 0.15) is 12.4 Å². The largest absolute Gasteiger partial charge is 0.489 e. The molecule has 5 heteroatoms. The highest BCUT2D eigenvalue weighted by molar-refractivity contribution is 5.62. The lowest BCUT2D eigenvalue weighted by molar-refractivity contribution is 0.202. The van der Waals surface area contributed by atoms with E-state index in [1.54, 1.807) is 20.2 Å². The number of nitrogens with zero attached hydrogens (tertiary/aromatic N) is 2. The lowest BCUT2D eigenvalue weighted by atomic mass is 10.0. The molecule has 0 saturated heterocycles. The first-order valence-electron chi connectivity index (χ1n) is 8.50. The second-order valence-electron chi connectivity index (χ2n) is 6.01. The molecule has 0 fully saturated rings. The molecule has 0 radical (unpaired) electrons. The highest BCUT2D eigenvalue weighted by atomic mass is 16.5. The van der Waals surface area contributed by atoms with Gasteiger partial charge in [-0.05, 0) is 35.7 Å². The van der Waals surface area contributed by atoms with Gasteiger partial charge in [0.15, 0.2) is 0 Å². The summed E-state index contributed by atoms with van der Waals surface area (Å²) in [6.45, 7) is 1.14. The number of rotatable bonds is 7. The molecule has 3 aromatic rings. The van der Waals surface area contributed by atoms with Gasteiger partial charge in [-0.1, -0.05) is 36.4 Å². The van der Waals surface area contributed by atoms with Gasteiger partial charge in [-0.2, -0.15) is 5.10 Å². The Labute approximate surface area is 152 Å². The maximum absolute atomic E-state index is 11.6. The first kappa shape index (κ1) is 17.9. The van der Waals surface area contributed by atoms with Crippen molar-refractivity contribution in [2.24, 2.45) is 7.05 Å². The number of hydrogen-bond acceptors (Lipinski definition) is 4. The van der Waals surface area contributed by atoms with Gasteiger partial charge in [0.25, 0.3) is 5.56 Å². The van der Waals surface area contributed by atoms with Crippen molar-refractivity contribution in [2.45, 2.75) is 13.0 Å². The minimum Gasteiger partial charge on any atom is -0.489 e. The first-order valence-corrected chi connectivity index (χ1v) is 8.50. The molecule has 0 unspecified atom stereocenters. The van der Waals surface area contributed by atoms with E-state index < -0.39 is 0 Å². The fourth-order valence-electron chi connectivity index (χ4n) is 2.68. The molecule has 0 aliphatic rings. The minimum atomic E-state index is -0.129. The molecule has 0 aliphatic heterocycles. The lowest BCUT2D eigenvalue weighted by Crippen LogP contribution is -2.18. The van der Waals surface area contributed by atoms with Gasteiger partial charge in [-0.25, -0.2) is 4.68 Å². The van der Waals surface area contributed by atoms with Crippen molar-refractivity contribution in [3.8, 4) is 17.0 Å². The van der Waals surface area contributed by atoms with Crippen LogP contribution in [0, 0.1) is 0 Å². The summed E-state index contributed by atoms with van der Waals surface area (Å²) in [7, 11) is 3.35. The van der Waals surface area contributed by atoms with Crippen molar-refractivity contribution in [3.05, 3.63) is 82.1 Å². The van der Waals surface area contributed by atoms with Crippen molar-refractivity contribution in [3.63, 3.8) is 0 Å². The smallest absolute Gasteiger partial charge is 0.266 e. The van der Waals surface area contributed by atoms with Crippen LogP contribution in [0.1, 0.15) is 11.1 Å². The van der Waals surface area contributed by atoms with Crippen molar-refractivity contribution in [1.29, 1.82) is 0 Å². The Hall–Kier alpha value is -2.92. The Morgan fingerprint density at radius 2 is 1.77 bits per heavy atom. The second-order valence-corrected chi connectivity index (χ2v) is 6.01. The van der Waals surface area contributed by atoms with E-state index in [-0.39, 0.29) is 5.56 Å². The molecule has 1 heterocycles. The Kier molecular flexibility index (Phi) is 5.81. The highest BCUT2D eigenvalue weighted by Crippen LogP contribution is 2.23. The van der Waals surface area contributed by atoms with Crippen LogP contribution >= 0.6 is 0 Å². The summed E-state index contributed by atoms with van der Waals surface area (Å²) in [5, 5.41) is 4.34. The van der Waals surface area contributed by atoms with Gasteiger partial charge in [-0.15, -0.1) is 0 Å². The average molecular weight is 350 g/mol. The molecule has 0 aliphatic carbocycles. The fourth-order valence-corrected chi connectivity index (χ4v) is 2.68. The van der Waals surface area contributed by atoms with Crippen LogP contribution in [0.15, 0.2) is 65.5 Å². The van der Waals surface area contributed by atoms with Gasteiger partial charge in [0.05, 0.1) is 12.3 Å². The van der Waals surface area contributed by atoms with Gasteiger partial charge < -0.3 is 9.47 Å². The monoisotopic (exact) mass is 350 g/mol. The quantitative estimate of drug-likeness (QED) is 0.657. The zero-order chi connectivity index (χ0) is 18.4. The summed E-state index contributed by atoms with van der Waals surface area (Å²) in [6.07, 6.45) is 0.887. The van der Waals surface area contributed by atoms with Gasteiger partial charge in [-0.3, -0.25) is 4.79 Å². The number of benzene rings is 2. The van der Waals surface area contributed by atoms with Gasteiger partial charge in [0.2, 0.25) is 0 Å². The predicted octanol–water partition coefficient (Wildman–Crippen LogP) is 3.22. The van der Waals surface area contributed by atoms with Crippen molar-refractivity contribution >= 4 is 0 Å². The summed E-state index contributed by atoms with van der Waals surface area (Å²) < 4.78 is 12.4. The number of aromatic nitrogens is 2. The van der Waals surface area contributed by atoms with E-state index in [4.69, 9.17) is 9.47 Å². The maximum Gasteiger partial charge on any atom is 0.266 e. The van der Waals surface area contributed by atoms with E-state index in [2.05, 4.69) is 17.2 Å². The minimum absolute atomic E-state index is 0.129. The van der Waals surface area contributed by atoms with Crippen LogP contribution in [0.2, 0.25) is 0 Å². The summed E-state index contributed by atoms with van der Waals surface area (Å²) >= 11 is 0. The summed E-state index contributed by atoms with van der Waals surface area (Å²) in [6, 6.07) is 19.2. The summed E-state index contributed by atoms with van der Waals surface area (Å²) in [5.74, 6) is 0.814. The van der Waals surface area contributed by atoms with E-state index in [1.165, 1.54) is 16.3 Å². The van der Waals surface area contributed by atoms with Crippen molar-refractivity contribution in [2.75, 3.05) is 13.7 Å². The van der Waals surface area contributed by atoms with E-state index >= 15 is 0 Å². The lowest BCUT2D eigenvalue weighted by Gasteiger charge is -2.11. The van der Waals surface area contributed by atoms with Crippen LogP contribution in [0.5, 0.6) is 5.75 Å². The standard InChI is InChI=1S/C21H22N2O3/c1-23-21(24)12-11-20(22-23)19-6-4-3-5-17(19)15-26-18-9-7-16(8-10-18)13-14-25-2/h3-12H,13-15H2,1-2H3. The predicted molar refractivity (Wildman–Crippen MR) is 101 cm³/mol. The first-order chi connectivity index (χ1) is 12.7. The molecule has 2 aromatic carbocycles. The molecule has 134 valence electrons. The third-order valence-electron chi connectivity index (χ3n) is 4.17. The molecule has 0 spiro atoms. The van der Waals surface area contributed by atoms with Gasteiger partial charge in [0, 0.05) is 25.8 Å². The zero-order valence-electron chi connectivity index (χ0n) is 15.0. The third-order valence-corrected chi connectivity index (χ3v) is 4.17. The van der Waals surface area contributed by atoms with E-state index in [9.17, 15) is 4.79 Å². The third kappa shape index (κ3) is 4.37. The van der Waals surface area contributed by atoms with Crippen LogP contribution in [-0.4, -0.2) is 23.5 Å². The van der Waals surface area contributed by atoms with Crippen molar-refractivity contribution in [1.82, 2.24) is 9.78 Å². The van der Waals surface area contributed by atoms with Crippen LogP contribution in [0.3, 0.4) is 0 Å². The Morgan fingerprint density at radius 1 is 1.00 bits per heavy atom. The molecule has 0 N–H and O–H groups in total. The fraction of sp³-hybridized carbons (Fsp3) is 0.238. The number of methoxy groups -OCH3 is 1. The molecule has 26 heavy (non-hydrogen) atoms. The van der Waals surface area contributed by atoms with Crippen LogP contribution in [0.25, 0.3) is 11.3 Å². The molecular formula is C21H22N2O3. The molecule has 1 aromatic heterocycles. The Bertz CT molecular complexity index is 917. The zero-order valence-corrected chi connectivity index (χ0v) is 15.0. The maximum atomic E-state index is 11.6. The molecular weight excluding hydrogens is 328 g/mol. The van der Waals surface area contributed by atoms with E-state index in [0.29, 0.717) is 13.2 Å². The SMILES string of the molecule is COCCc1ccc(OCc2ccccc2-c2ccc(=O)n(C)n2)cc1. The van der Waals surface area contributed by atoms with Crippen molar-refractivity contribution < 1.29 is 9.47 Å². The molecule has 0 bridgehead atoms. The molecule has 0 amide bonds. The Balaban J connectivity index is 1.74. The second kappa shape index (κ2) is 8.45. The molecule has 3 rings (SSSR count). The Morgan fingerprint density at radius 3 is 2.50 bits per heavy atom. The highest BCUT2D eigenvalue weighted by Gasteiger charge is 2.08. The molecule has 0 saturated carbocycles. The topological polar surface area (TPSA) is 53.4 Å². The van der Waals surface area contributed by atoms with Crippen LogP contribution in [-0.2, 0) is 24.8 Å². The molecule has 0 atom stereocenters. The van der Waals surface area contributed by atoms with Crippen LogP contribution < -0.4 is 10.3 Å². The van der Waals surface area contributed by atoms with E-state index in [1.807, 2.05) is 36.4 Å².